The van der Waals surface area contributed by atoms with Crippen molar-refractivity contribution in [2.24, 2.45) is 0 Å². The molecular weight excluding hydrogens is 362 g/mol. The van der Waals surface area contributed by atoms with Gasteiger partial charge < -0.3 is 10.2 Å². The Labute approximate surface area is 161 Å². The Morgan fingerprint density at radius 1 is 1.07 bits per heavy atom. The Morgan fingerprint density at radius 2 is 1.78 bits per heavy atom. The van der Waals surface area contributed by atoms with Crippen LogP contribution in [0.3, 0.4) is 0 Å². The Hall–Kier alpha value is -2.22. The smallest absolute Gasteiger partial charge is 0.251 e. The first-order valence-corrected chi connectivity index (χ1v) is 10.3. The molecule has 0 aliphatic rings. The van der Waals surface area contributed by atoms with E-state index < -0.39 is 10.0 Å². The number of hydrogen-bond acceptors (Lipinski definition) is 4. The second kappa shape index (κ2) is 9.64. The Bertz CT molecular complexity index is 862. The fourth-order valence-corrected chi connectivity index (χ4v) is 3.60. The molecule has 0 saturated carbocycles. The summed E-state index contributed by atoms with van der Waals surface area (Å²) in [7, 11) is 0.241. The van der Waals surface area contributed by atoms with Crippen molar-refractivity contribution >= 4 is 15.9 Å². The van der Waals surface area contributed by atoms with E-state index in [4.69, 9.17) is 0 Å². The average molecular weight is 390 g/mol. The van der Waals surface area contributed by atoms with Crippen LogP contribution in [0.4, 0.5) is 0 Å². The number of amides is 1. The normalized spacial score (nSPS) is 11.6. The molecule has 27 heavy (non-hydrogen) atoms. The summed E-state index contributed by atoms with van der Waals surface area (Å²) in [6.07, 6.45) is 0.711. The van der Waals surface area contributed by atoms with Crippen LogP contribution in [0.1, 0.15) is 27.9 Å². The number of hydrogen-bond donors (Lipinski definition) is 2. The number of nitrogens with one attached hydrogen (secondary N) is 2. The molecule has 0 saturated heterocycles. The van der Waals surface area contributed by atoms with E-state index in [9.17, 15) is 13.2 Å². The molecule has 0 aliphatic carbocycles. The summed E-state index contributed by atoms with van der Waals surface area (Å²) in [6.45, 7) is 3.54. The van der Waals surface area contributed by atoms with E-state index in [-0.39, 0.29) is 10.8 Å². The lowest BCUT2D eigenvalue weighted by Crippen LogP contribution is -2.28. The number of carbonyl (C=O) groups excluding carboxylic acids is 1. The zero-order valence-corrected chi connectivity index (χ0v) is 16.8. The molecule has 2 N–H and O–H groups in total. The second-order valence-electron chi connectivity index (χ2n) is 6.75. The van der Waals surface area contributed by atoms with E-state index >= 15 is 0 Å². The van der Waals surface area contributed by atoms with Crippen LogP contribution in [-0.2, 0) is 16.6 Å². The molecule has 146 valence electrons. The zero-order valence-electron chi connectivity index (χ0n) is 16.0. The van der Waals surface area contributed by atoms with Crippen molar-refractivity contribution in [2.75, 3.05) is 27.2 Å². The van der Waals surface area contributed by atoms with E-state index in [0.29, 0.717) is 25.1 Å². The van der Waals surface area contributed by atoms with E-state index in [0.717, 1.165) is 17.7 Å². The van der Waals surface area contributed by atoms with Gasteiger partial charge in [-0.1, -0.05) is 35.9 Å². The van der Waals surface area contributed by atoms with Crippen LogP contribution >= 0.6 is 0 Å². The van der Waals surface area contributed by atoms with Gasteiger partial charge in [-0.25, -0.2) is 13.1 Å². The van der Waals surface area contributed by atoms with Gasteiger partial charge in [0.2, 0.25) is 10.0 Å². The largest absolute Gasteiger partial charge is 0.348 e. The van der Waals surface area contributed by atoms with Crippen LogP contribution in [0.2, 0.25) is 0 Å². The summed E-state index contributed by atoms with van der Waals surface area (Å²) in [6, 6.07) is 13.9. The SMILES string of the molecule is Cc1ccc(CNC(=O)c2cccc(S(=O)(=O)NCCCN(C)C)c2)cc1. The van der Waals surface area contributed by atoms with E-state index in [1.807, 2.05) is 50.2 Å². The van der Waals surface area contributed by atoms with Crippen molar-refractivity contribution in [1.82, 2.24) is 14.9 Å². The average Bonchev–Trinajstić information content (AvgIpc) is 2.64. The summed E-state index contributed by atoms with van der Waals surface area (Å²) in [5, 5.41) is 2.82. The number of carbonyl (C=O) groups is 1. The van der Waals surface area contributed by atoms with Gasteiger partial charge in [0, 0.05) is 18.7 Å². The first kappa shape index (κ1) is 21.1. The molecule has 0 unspecified atom stereocenters. The summed E-state index contributed by atoms with van der Waals surface area (Å²) >= 11 is 0. The molecule has 0 fully saturated rings. The molecule has 0 aliphatic heterocycles. The van der Waals surface area contributed by atoms with E-state index in [1.54, 1.807) is 12.1 Å². The lowest BCUT2D eigenvalue weighted by molar-refractivity contribution is 0.0950. The molecule has 0 bridgehead atoms. The third kappa shape index (κ3) is 6.78. The summed E-state index contributed by atoms with van der Waals surface area (Å²) in [5.41, 5.74) is 2.46. The summed E-state index contributed by atoms with van der Waals surface area (Å²) in [5.74, 6) is -0.305. The highest BCUT2D eigenvalue weighted by molar-refractivity contribution is 7.89. The highest BCUT2D eigenvalue weighted by atomic mass is 32.2. The number of nitrogens with zero attached hydrogens (tertiary/aromatic N) is 1. The van der Waals surface area contributed by atoms with Gasteiger partial charge >= 0.3 is 0 Å². The molecule has 1 amide bonds. The van der Waals surface area contributed by atoms with Gasteiger partial charge in [0.25, 0.3) is 5.91 Å². The van der Waals surface area contributed by atoms with Gasteiger partial charge in [-0.2, -0.15) is 0 Å². The predicted molar refractivity (Wildman–Crippen MR) is 107 cm³/mol. The molecule has 7 heteroatoms. The molecule has 0 atom stereocenters. The molecular formula is C20H27N3O3S. The lowest BCUT2D eigenvalue weighted by atomic mass is 10.1. The zero-order chi connectivity index (χ0) is 19.9. The minimum Gasteiger partial charge on any atom is -0.348 e. The monoisotopic (exact) mass is 389 g/mol. The quantitative estimate of drug-likeness (QED) is 0.644. The predicted octanol–water partition coefficient (Wildman–Crippen LogP) is 2.16. The van der Waals surface area contributed by atoms with Crippen LogP contribution in [0, 0.1) is 6.92 Å². The number of benzene rings is 2. The maximum Gasteiger partial charge on any atom is 0.251 e. The standard InChI is InChI=1S/C20H27N3O3S/c1-16-8-10-17(11-9-16)15-21-20(24)18-6-4-7-19(14-18)27(25,26)22-12-5-13-23(2)3/h4,6-11,14,22H,5,12-13,15H2,1-3H3,(H,21,24). The van der Waals surface area contributed by atoms with Crippen LogP contribution in [0.25, 0.3) is 0 Å². The van der Waals surface area contributed by atoms with Crippen molar-refractivity contribution in [3.8, 4) is 0 Å². The van der Waals surface area contributed by atoms with Crippen molar-refractivity contribution in [3.05, 3.63) is 65.2 Å². The Kier molecular flexibility index (Phi) is 7.53. The minimum absolute atomic E-state index is 0.0929. The molecule has 0 spiro atoms. The van der Waals surface area contributed by atoms with Gasteiger partial charge in [0.15, 0.2) is 0 Å². The fraction of sp³-hybridized carbons (Fsp3) is 0.350. The maximum absolute atomic E-state index is 12.4. The van der Waals surface area contributed by atoms with Crippen molar-refractivity contribution in [2.45, 2.75) is 24.8 Å². The Morgan fingerprint density at radius 3 is 2.44 bits per heavy atom. The molecule has 0 heterocycles. The van der Waals surface area contributed by atoms with Gasteiger partial charge in [0.05, 0.1) is 4.90 Å². The first-order valence-electron chi connectivity index (χ1n) is 8.86. The van der Waals surface area contributed by atoms with E-state index in [2.05, 4.69) is 10.0 Å². The third-order valence-corrected chi connectivity index (χ3v) is 5.51. The van der Waals surface area contributed by atoms with Gasteiger partial charge in [-0.3, -0.25) is 4.79 Å². The van der Waals surface area contributed by atoms with Crippen molar-refractivity contribution in [3.63, 3.8) is 0 Å². The molecule has 2 rings (SSSR count). The number of rotatable bonds is 9. The fourth-order valence-electron chi connectivity index (χ4n) is 2.48. The topological polar surface area (TPSA) is 78.5 Å². The summed E-state index contributed by atoms with van der Waals surface area (Å²) in [4.78, 5) is 14.5. The van der Waals surface area contributed by atoms with Gasteiger partial charge in [0.1, 0.15) is 0 Å². The van der Waals surface area contributed by atoms with Crippen LogP contribution < -0.4 is 10.0 Å². The van der Waals surface area contributed by atoms with Crippen LogP contribution in [-0.4, -0.2) is 46.4 Å². The lowest BCUT2D eigenvalue weighted by Gasteiger charge is -2.11. The Balaban J connectivity index is 1.98. The summed E-state index contributed by atoms with van der Waals surface area (Å²) < 4.78 is 27.4. The highest BCUT2D eigenvalue weighted by Gasteiger charge is 2.15. The number of aryl methyl sites for hydroxylation is 1. The third-order valence-electron chi connectivity index (χ3n) is 4.05. The number of sulfonamides is 1. The second-order valence-corrected chi connectivity index (χ2v) is 8.52. The van der Waals surface area contributed by atoms with Gasteiger partial charge in [-0.05, 0) is 57.7 Å². The molecule has 2 aromatic rings. The van der Waals surface area contributed by atoms with Crippen molar-refractivity contribution in [1.29, 1.82) is 0 Å². The highest BCUT2D eigenvalue weighted by Crippen LogP contribution is 2.12. The molecule has 2 aromatic carbocycles. The van der Waals surface area contributed by atoms with Gasteiger partial charge in [-0.15, -0.1) is 0 Å². The van der Waals surface area contributed by atoms with E-state index in [1.165, 1.54) is 12.1 Å². The van der Waals surface area contributed by atoms with Crippen molar-refractivity contribution < 1.29 is 13.2 Å². The van der Waals surface area contributed by atoms with Crippen LogP contribution in [0.5, 0.6) is 0 Å². The first-order chi connectivity index (χ1) is 12.8. The minimum atomic E-state index is -3.63. The molecule has 0 radical (unpaired) electrons. The molecule has 6 nitrogen and oxygen atoms in total. The van der Waals surface area contributed by atoms with Crippen LogP contribution in [0.15, 0.2) is 53.4 Å². The maximum atomic E-state index is 12.4. The molecule has 0 aromatic heterocycles.